The summed E-state index contributed by atoms with van der Waals surface area (Å²) in [4.78, 5) is 15.4. The van der Waals surface area contributed by atoms with Crippen LogP contribution in [0.5, 0.6) is 0 Å². The fraction of sp³-hybridized carbons (Fsp3) is 0.138. The van der Waals surface area contributed by atoms with Crippen molar-refractivity contribution in [2.45, 2.75) is 24.5 Å². The first-order valence-corrected chi connectivity index (χ1v) is 14.3. The fourth-order valence-electron chi connectivity index (χ4n) is 3.91. The van der Waals surface area contributed by atoms with Crippen LogP contribution < -0.4 is 0 Å². The number of hydrogen-bond donors (Lipinski definition) is 0. The first kappa shape index (κ1) is 28.1. The van der Waals surface area contributed by atoms with Gasteiger partial charge in [0.25, 0.3) is 0 Å². The van der Waals surface area contributed by atoms with E-state index in [2.05, 4.69) is 0 Å². The van der Waals surface area contributed by atoms with Crippen LogP contribution in [0.4, 0.5) is 0 Å². The molecule has 38 heavy (non-hydrogen) atoms. The summed E-state index contributed by atoms with van der Waals surface area (Å²) in [6, 6.07) is 29.9. The van der Waals surface area contributed by atoms with E-state index in [4.69, 9.17) is 34.8 Å². The molecule has 0 N–H and O–H groups in total. The minimum absolute atomic E-state index is 0.0347. The Morgan fingerprint density at radius 1 is 0.632 bits per heavy atom. The van der Waals surface area contributed by atoms with E-state index in [1.54, 1.807) is 23.1 Å². The monoisotopic (exact) mass is 586 g/mol. The maximum atomic E-state index is 13.8. The lowest BCUT2D eigenvalue weighted by molar-refractivity contribution is -0.132. The molecule has 9 heteroatoms. The van der Waals surface area contributed by atoms with Gasteiger partial charge in [-0.2, -0.15) is 4.31 Å². The highest BCUT2D eigenvalue weighted by molar-refractivity contribution is 7.89. The van der Waals surface area contributed by atoms with E-state index in [0.717, 1.165) is 15.4 Å². The molecule has 196 valence electrons. The molecule has 0 aliphatic rings. The van der Waals surface area contributed by atoms with Crippen molar-refractivity contribution >= 4 is 50.7 Å². The van der Waals surface area contributed by atoms with Crippen molar-refractivity contribution in [1.29, 1.82) is 0 Å². The number of rotatable bonds is 10. The van der Waals surface area contributed by atoms with Gasteiger partial charge in [0, 0.05) is 24.7 Å². The van der Waals surface area contributed by atoms with Crippen molar-refractivity contribution < 1.29 is 13.2 Å². The molecule has 4 aromatic carbocycles. The Kier molecular flexibility index (Phi) is 9.47. The van der Waals surface area contributed by atoms with E-state index in [-0.39, 0.29) is 23.9 Å². The maximum absolute atomic E-state index is 13.8. The predicted octanol–water partition coefficient (Wildman–Crippen LogP) is 7.07. The van der Waals surface area contributed by atoms with Crippen LogP contribution in [0.15, 0.2) is 108 Å². The molecule has 5 nitrogen and oxygen atoms in total. The lowest BCUT2D eigenvalue weighted by atomic mass is 10.1. The molecule has 0 heterocycles. The largest absolute Gasteiger partial charge is 0.333 e. The number of nitrogens with zero attached hydrogens (tertiary/aromatic N) is 2. The van der Waals surface area contributed by atoms with Gasteiger partial charge >= 0.3 is 0 Å². The average Bonchev–Trinajstić information content (AvgIpc) is 2.91. The third-order valence-corrected chi connectivity index (χ3v) is 8.69. The number of carbonyl (C=O) groups is 1. The van der Waals surface area contributed by atoms with Gasteiger partial charge in [0.1, 0.15) is 0 Å². The summed E-state index contributed by atoms with van der Waals surface area (Å²) in [6.45, 7) is 0.218. The zero-order chi connectivity index (χ0) is 27.1. The van der Waals surface area contributed by atoms with Gasteiger partial charge in [0.15, 0.2) is 0 Å². The molecule has 0 aliphatic heterocycles. The zero-order valence-corrected chi connectivity index (χ0v) is 23.4. The number of hydrogen-bond acceptors (Lipinski definition) is 3. The number of amides is 1. The van der Waals surface area contributed by atoms with Crippen LogP contribution in [0.1, 0.15) is 16.7 Å². The van der Waals surface area contributed by atoms with E-state index in [0.29, 0.717) is 33.7 Å². The Morgan fingerprint density at radius 2 is 1.18 bits per heavy atom. The molecule has 1 amide bonds. The van der Waals surface area contributed by atoms with Crippen LogP contribution in [0, 0.1) is 0 Å². The van der Waals surface area contributed by atoms with Crippen LogP contribution in [0.2, 0.25) is 15.1 Å². The van der Waals surface area contributed by atoms with Gasteiger partial charge in [0.2, 0.25) is 15.9 Å². The van der Waals surface area contributed by atoms with Crippen molar-refractivity contribution in [3.63, 3.8) is 0 Å². The standard InChI is InChI=1S/C29H25Cl3N2O3S/c30-25-12-14-26(15-13-25)38(36,37)34(20-24-11-16-27(31)28(32)17-24)21-29(35)33(18-22-7-3-1-4-8-22)19-23-9-5-2-6-10-23/h1-17H,18-21H2. The Balaban J connectivity index is 1.67. The fourth-order valence-corrected chi connectivity index (χ4v) is 5.74. The Bertz CT molecular complexity index is 1440. The maximum Gasteiger partial charge on any atom is 0.243 e. The molecule has 0 unspecified atom stereocenters. The Hall–Kier alpha value is -2.87. The van der Waals surface area contributed by atoms with Crippen molar-refractivity contribution in [1.82, 2.24) is 9.21 Å². The predicted molar refractivity (Wildman–Crippen MR) is 153 cm³/mol. The highest BCUT2D eigenvalue weighted by Gasteiger charge is 2.29. The molecule has 0 saturated carbocycles. The van der Waals surface area contributed by atoms with Crippen LogP contribution >= 0.6 is 34.8 Å². The lowest BCUT2D eigenvalue weighted by Gasteiger charge is -2.28. The third kappa shape index (κ3) is 7.37. The lowest BCUT2D eigenvalue weighted by Crippen LogP contribution is -2.42. The van der Waals surface area contributed by atoms with Crippen molar-refractivity contribution in [2.75, 3.05) is 6.54 Å². The van der Waals surface area contributed by atoms with Crippen LogP contribution in [-0.2, 0) is 34.5 Å². The number of halogens is 3. The van der Waals surface area contributed by atoms with E-state index in [9.17, 15) is 13.2 Å². The van der Waals surface area contributed by atoms with E-state index in [1.165, 1.54) is 24.3 Å². The highest BCUT2D eigenvalue weighted by atomic mass is 35.5. The van der Waals surface area contributed by atoms with Crippen molar-refractivity contribution in [3.8, 4) is 0 Å². The van der Waals surface area contributed by atoms with Gasteiger partial charge in [-0.05, 0) is 53.1 Å². The molecular formula is C29H25Cl3N2O3S. The highest BCUT2D eigenvalue weighted by Crippen LogP contribution is 2.26. The molecule has 0 aromatic heterocycles. The molecule has 4 rings (SSSR count). The molecule has 0 fully saturated rings. The molecule has 0 atom stereocenters. The molecule has 4 aromatic rings. The van der Waals surface area contributed by atoms with Gasteiger partial charge in [-0.15, -0.1) is 0 Å². The molecule has 0 spiro atoms. The summed E-state index contributed by atoms with van der Waals surface area (Å²) in [5.74, 6) is -0.338. The minimum Gasteiger partial charge on any atom is -0.333 e. The van der Waals surface area contributed by atoms with Crippen molar-refractivity contribution in [2.24, 2.45) is 0 Å². The normalized spacial score (nSPS) is 11.5. The second-order valence-corrected chi connectivity index (χ2v) is 11.9. The quantitative estimate of drug-likeness (QED) is 0.199. The molecule has 0 bridgehead atoms. The van der Waals surface area contributed by atoms with E-state index in [1.807, 2.05) is 60.7 Å². The molecular weight excluding hydrogens is 563 g/mol. The van der Waals surface area contributed by atoms with E-state index >= 15 is 0 Å². The van der Waals surface area contributed by atoms with Crippen LogP contribution in [0.25, 0.3) is 0 Å². The van der Waals surface area contributed by atoms with Crippen LogP contribution in [-0.4, -0.2) is 30.1 Å². The smallest absolute Gasteiger partial charge is 0.243 e. The summed E-state index contributed by atoms with van der Waals surface area (Å²) in [6.07, 6.45) is 0. The average molecular weight is 588 g/mol. The second-order valence-electron chi connectivity index (χ2n) is 8.70. The van der Waals surface area contributed by atoms with Crippen LogP contribution in [0.3, 0.4) is 0 Å². The first-order valence-electron chi connectivity index (χ1n) is 11.8. The van der Waals surface area contributed by atoms with Gasteiger partial charge in [-0.1, -0.05) is 102 Å². The Labute approximate surface area is 238 Å². The van der Waals surface area contributed by atoms with Gasteiger partial charge in [0.05, 0.1) is 21.5 Å². The summed E-state index contributed by atoms with van der Waals surface area (Å²) in [5.41, 5.74) is 2.48. The summed E-state index contributed by atoms with van der Waals surface area (Å²) < 4.78 is 28.6. The number of sulfonamides is 1. The summed E-state index contributed by atoms with van der Waals surface area (Å²) in [7, 11) is -4.06. The van der Waals surface area contributed by atoms with Gasteiger partial charge < -0.3 is 4.90 Å². The SMILES string of the molecule is O=C(CN(Cc1ccc(Cl)c(Cl)c1)S(=O)(=O)c1ccc(Cl)cc1)N(Cc1ccccc1)Cc1ccccc1. The molecule has 0 saturated heterocycles. The number of carbonyl (C=O) groups excluding carboxylic acids is 1. The molecule has 0 aliphatic carbocycles. The summed E-state index contributed by atoms with van der Waals surface area (Å²) >= 11 is 18.2. The number of benzene rings is 4. The topological polar surface area (TPSA) is 57.7 Å². The molecule has 0 radical (unpaired) electrons. The zero-order valence-electron chi connectivity index (χ0n) is 20.3. The van der Waals surface area contributed by atoms with Gasteiger partial charge in [-0.25, -0.2) is 8.42 Å². The van der Waals surface area contributed by atoms with E-state index < -0.39 is 10.0 Å². The summed E-state index contributed by atoms with van der Waals surface area (Å²) in [5, 5.41) is 1.07. The second kappa shape index (κ2) is 12.8. The third-order valence-electron chi connectivity index (χ3n) is 5.89. The Morgan fingerprint density at radius 3 is 1.71 bits per heavy atom. The minimum atomic E-state index is -4.06. The van der Waals surface area contributed by atoms with Gasteiger partial charge in [-0.3, -0.25) is 4.79 Å². The van der Waals surface area contributed by atoms with Crippen molar-refractivity contribution in [3.05, 3.63) is 135 Å². The first-order chi connectivity index (χ1) is 18.2.